The zero-order valence-corrected chi connectivity index (χ0v) is 44.1. The quantitative estimate of drug-likeness (QED) is 0.0221. The summed E-state index contributed by atoms with van der Waals surface area (Å²) < 4.78 is 0. The van der Waals surface area contributed by atoms with Crippen molar-refractivity contribution in [3.8, 4) is 0 Å². The van der Waals surface area contributed by atoms with E-state index in [2.05, 4.69) is 72.8 Å². The highest BCUT2D eigenvalue weighted by Crippen LogP contribution is 2.20. The fourth-order valence-corrected chi connectivity index (χ4v) is 8.18. The van der Waals surface area contributed by atoms with Crippen molar-refractivity contribution < 1.29 is 52.7 Å². The number of aromatic amines is 3. The molecule has 4 aromatic rings. The van der Waals surface area contributed by atoms with E-state index < -0.39 is 133 Å². The van der Waals surface area contributed by atoms with Gasteiger partial charge >= 0.3 is 0 Å². The van der Waals surface area contributed by atoms with Crippen LogP contribution in [0.5, 0.6) is 0 Å². The fraction of sp³-hybridized carbons (Fsp3) is 0.479. The number of H-pyrrole nitrogens is 3. The molecular weight excluding hydrogens is 1020 g/mol. The number of thioether (sulfide) groups is 1. The van der Waals surface area contributed by atoms with Gasteiger partial charge in [-0.2, -0.15) is 11.8 Å². The first-order valence-electron chi connectivity index (χ1n) is 24.5. The number of rotatable bonds is 32. The monoisotopic (exact) mass is 1090 g/mol. The van der Waals surface area contributed by atoms with Crippen molar-refractivity contribution in [1.29, 1.82) is 0 Å². The van der Waals surface area contributed by atoms with Gasteiger partial charge in [-0.1, -0.05) is 32.0 Å². The van der Waals surface area contributed by atoms with E-state index in [-0.39, 0.29) is 38.0 Å². The Labute approximate surface area is 447 Å². The number of carbonyl (C=O) groups is 11. The second-order valence-corrected chi connectivity index (χ2v) is 19.5. The summed E-state index contributed by atoms with van der Waals surface area (Å²) >= 11 is 1.46. The lowest BCUT2D eigenvalue weighted by Gasteiger charge is -2.26. The lowest BCUT2D eigenvalue weighted by molar-refractivity contribution is -0.135. The van der Waals surface area contributed by atoms with Crippen molar-refractivity contribution in [2.75, 3.05) is 25.1 Å². The first kappa shape index (κ1) is 61.2. The minimum atomic E-state index is -1.51. The maximum atomic E-state index is 14.2. The minimum absolute atomic E-state index is 0.0836. The Morgan fingerprint density at radius 1 is 0.584 bits per heavy atom. The van der Waals surface area contributed by atoms with Crippen molar-refractivity contribution in [3.05, 3.63) is 72.5 Å². The van der Waals surface area contributed by atoms with Crippen LogP contribution >= 0.6 is 11.8 Å². The van der Waals surface area contributed by atoms with Crippen molar-refractivity contribution in [1.82, 2.24) is 72.8 Å². The van der Waals surface area contributed by atoms with E-state index >= 15 is 0 Å². The van der Waals surface area contributed by atoms with Gasteiger partial charge < -0.3 is 80.0 Å². The Bertz CT molecular complexity index is 2680. The number of nitrogens with zero attached hydrogens (tertiary/aromatic N) is 2. The van der Waals surface area contributed by atoms with E-state index in [1.807, 2.05) is 20.1 Å². The van der Waals surface area contributed by atoms with Gasteiger partial charge in [-0.05, 0) is 56.2 Å². The third-order valence-corrected chi connectivity index (χ3v) is 12.4. The lowest BCUT2D eigenvalue weighted by Crippen LogP contribution is -2.60. The van der Waals surface area contributed by atoms with Crippen molar-refractivity contribution >= 4 is 87.6 Å². The number of primary amides is 2. The van der Waals surface area contributed by atoms with E-state index in [1.54, 1.807) is 30.5 Å². The molecule has 29 heteroatoms. The van der Waals surface area contributed by atoms with Crippen LogP contribution in [0.3, 0.4) is 0 Å². The number of aromatic nitrogens is 5. The molecular formula is C48H69N17O11S. The smallest absolute Gasteiger partial charge is 0.243 e. The lowest BCUT2D eigenvalue weighted by atomic mass is 10.0. The summed E-state index contributed by atoms with van der Waals surface area (Å²) in [6.45, 7) is 5.14. The largest absolute Gasteiger partial charge is 0.370 e. The summed E-state index contributed by atoms with van der Waals surface area (Å²) in [4.78, 5) is 162. The number of nitrogens with two attached hydrogens (primary N) is 3. The maximum Gasteiger partial charge on any atom is 0.243 e. The molecule has 1 aromatic carbocycles. The van der Waals surface area contributed by atoms with Gasteiger partial charge in [0.05, 0.1) is 32.2 Å². The average molecular weight is 1090 g/mol. The summed E-state index contributed by atoms with van der Waals surface area (Å²) in [7, 11) is 0. The number of fused-ring (bicyclic) bond motifs is 1. The molecule has 0 bridgehead atoms. The normalized spacial score (nSPS) is 14.2. The molecule has 4 rings (SSSR count). The number of imidazole rings is 2. The number of nitrogens with one attached hydrogen (secondary N) is 12. The van der Waals surface area contributed by atoms with E-state index in [4.69, 9.17) is 17.2 Å². The van der Waals surface area contributed by atoms with Crippen LogP contribution in [0.25, 0.3) is 10.9 Å². The molecule has 8 atom stereocenters. The molecule has 0 saturated carbocycles. The van der Waals surface area contributed by atoms with Crippen LogP contribution in [0, 0.1) is 5.92 Å². The van der Waals surface area contributed by atoms with Gasteiger partial charge in [0.1, 0.15) is 48.3 Å². The first-order chi connectivity index (χ1) is 36.6. The summed E-state index contributed by atoms with van der Waals surface area (Å²) in [6, 6.07) is -3.17. The molecule has 0 aliphatic heterocycles. The van der Waals surface area contributed by atoms with Gasteiger partial charge in [-0.3, -0.25) is 52.7 Å². The maximum absolute atomic E-state index is 14.2. The molecule has 0 aliphatic rings. The Kier molecular flexibility index (Phi) is 24.1. The van der Waals surface area contributed by atoms with Crippen LogP contribution < -0.4 is 65.1 Å². The molecule has 0 aliphatic carbocycles. The zero-order valence-electron chi connectivity index (χ0n) is 43.3. The average Bonchev–Trinajstić information content (AvgIpc) is 4.19. The van der Waals surface area contributed by atoms with Crippen LogP contribution in [-0.2, 0) is 72.0 Å². The predicted molar refractivity (Wildman–Crippen MR) is 281 cm³/mol. The Morgan fingerprint density at radius 2 is 1.09 bits per heavy atom. The number of benzene rings is 1. The van der Waals surface area contributed by atoms with Gasteiger partial charge in [0.2, 0.25) is 65.0 Å². The van der Waals surface area contributed by atoms with Crippen LogP contribution in [0.1, 0.15) is 63.9 Å². The standard InChI is InChI=1S/C48H69N17O11S/c1-24(2)12-33(45(73)62-32(41(51)69)10-11-77-5)63-46(74)35(14-28-19-52-22-56-28)61-40(68)21-55-42(70)25(3)58-43(71)26(4)59-44(72)34(13-27-18-54-31-9-7-6-8-30(27)31)64-47(75)36(15-29-20-53-23-57-29)65-48(76)37(16-38(50)66)60-39(67)17-49/h6-9,18-20,22-26,32-37,54H,10-17,21,49H2,1-5H3,(H2,50,66)(H2,51,69)(H,52,56)(H,53,57)(H,55,70)(H,58,71)(H,59,72)(H,60,67)(H,61,68)(H,62,73)(H,63,74)(H,64,75)(H,65,76)/t25-,26-,32-,33-,34-,35-,36-,37-/m0/s1. The van der Waals surface area contributed by atoms with Gasteiger partial charge in [-0.15, -0.1) is 0 Å². The van der Waals surface area contributed by atoms with Crippen molar-refractivity contribution in [3.63, 3.8) is 0 Å². The molecule has 3 heterocycles. The van der Waals surface area contributed by atoms with E-state index in [9.17, 15) is 52.7 Å². The highest BCUT2D eigenvalue weighted by atomic mass is 32.2. The molecule has 0 fully saturated rings. The number of hydrogen-bond acceptors (Lipinski definition) is 15. The van der Waals surface area contributed by atoms with Crippen molar-refractivity contribution in [2.24, 2.45) is 23.1 Å². The number of amides is 11. The van der Waals surface area contributed by atoms with Crippen molar-refractivity contribution in [2.45, 2.75) is 115 Å². The molecule has 77 heavy (non-hydrogen) atoms. The van der Waals surface area contributed by atoms with Crippen LogP contribution in [-0.4, -0.2) is 163 Å². The minimum Gasteiger partial charge on any atom is -0.370 e. The highest BCUT2D eigenvalue weighted by Gasteiger charge is 2.34. The number of para-hydroxylation sites is 1. The van der Waals surface area contributed by atoms with Gasteiger partial charge in [0.25, 0.3) is 0 Å². The van der Waals surface area contributed by atoms with Crippen LogP contribution in [0.4, 0.5) is 0 Å². The summed E-state index contributed by atoms with van der Waals surface area (Å²) in [5.74, 6) is -8.55. The fourth-order valence-electron chi connectivity index (χ4n) is 7.71. The third-order valence-electron chi connectivity index (χ3n) is 11.8. The zero-order chi connectivity index (χ0) is 56.8. The third kappa shape index (κ3) is 20.0. The van der Waals surface area contributed by atoms with Gasteiger partial charge in [0.15, 0.2) is 0 Å². The second kappa shape index (κ2) is 30.3. The summed E-state index contributed by atoms with van der Waals surface area (Å²) in [5, 5.41) is 23.5. The van der Waals surface area contributed by atoms with E-state index in [0.717, 1.165) is 10.9 Å². The van der Waals surface area contributed by atoms with Gasteiger partial charge in [-0.25, -0.2) is 9.97 Å². The van der Waals surface area contributed by atoms with E-state index in [1.165, 1.54) is 50.7 Å². The number of hydrogen-bond donors (Lipinski definition) is 15. The van der Waals surface area contributed by atoms with Gasteiger partial charge in [0, 0.05) is 60.1 Å². The van der Waals surface area contributed by atoms with Crippen LogP contribution in [0.2, 0.25) is 0 Å². The molecule has 3 aromatic heterocycles. The molecule has 28 nitrogen and oxygen atoms in total. The predicted octanol–water partition coefficient (Wildman–Crippen LogP) is -4.21. The molecule has 418 valence electrons. The van der Waals surface area contributed by atoms with E-state index in [0.29, 0.717) is 22.7 Å². The summed E-state index contributed by atoms with van der Waals surface area (Å²) in [6.07, 6.45) is 8.40. The Morgan fingerprint density at radius 3 is 1.65 bits per heavy atom. The Balaban J connectivity index is 1.43. The SMILES string of the molecule is CSCC[C@H](NC(=O)[C@H](CC(C)C)NC(=O)[C@H](Cc1cnc[nH]1)NC(=O)CNC(=O)[C@H](C)NC(=O)[C@H](C)NC(=O)[C@H](Cc1c[nH]c2ccccc12)NC(=O)[C@H](Cc1cnc[nH]1)NC(=O)[C@H](CC(N)=O)NC(=O)CN)C(N)=O. The highest BCUT2D eigenvalue weighted by molar-refractivity contribution is 7.98. The molecule has 0 unspecified atom stereocenters. The molecule has 0 spiro atoms. The van der Waals surface area contributed by atoms with Crippen LogP contribution in [0.15, 0.2) is 55.5 Å². The molecule has 18 N–H and O–H groups in total. The molecule has 0 saturated heterocycles. The molecule has 0 radical (unpaired) electrons. The topological polar surface area (TPSA) is 447 Å². The Hall–Kier alpha value is -8.34. The number of carbonyl (C=O) groups excluding carboxylic acids is 11. The second-order valence-electron chi connectivity index (χ2n) is 18.5. The summed E-state index contributed by atoms with van der Waals surface area (Å²) in [5.41, 5.74) is 18.4. The molecule has 11 amide bonds. The first-order valence-corrected chi connectivity index (χ1v) is 25.9.